The largest absolute Gasteiger partial charge is 0.456 e. The van der Waals surface area contributed by atoms with Crippen LogP contribution in [-0.4, -0.2) is 20.6 Å². The van der Waals surface area contributed by atoms with Crippen molar-refractivity contribution in [3.05, 3.63) is 81.9 Å². The van der Waals surface area contributed by atoms with Crippen molar-refractivity contribution in [3.8, 4) is 0 Å². The van der Waals surface area contributed by atoms with E-state index in [1.54, 1.807) is 0 Å². The van der Waals surface area contributed by atoms with Gasteiger partial charge in [-0.05, 0) is 48.4 Å². The summed E-state index contributed by atoms with van der Waals surface area (Å²) in [5.41, 5.74) is 6.44. The van der Waals surface area contributed by atoms with Crippen molar-refractivity contribution in [1.29, 1.82) is 0 Å². The molecular formula is C25H32N2O3. The van der Waals surface area contributed by atoms with Crippen molar-refractivity contribution in [3.63, 3.8) is 0 Å². The van der Waals surface area contributed by atoms with Gasteiger partial charge in [-0.3, -0.25) is 0 Å². The van der Waals surface area contributed by atoms with Crippen LogP contribution in [0.3, 0.4) is 0 Å². The molecule has 5 nitrogen and oxygen atoms in total. The van der Waals surface area contributed by atoms with E-state index >= 15 is 0 Å². The number of aromatic nitrogens is 2. The Hall–Kier alpha value is -2.79. The molecule has 0 aliphatic rings. The molecule has 1 unspecified atom stereocenters. The number of ether oxygens (including phenoxy) is 1. The molecule has 0 bridgehead atoms. The fourth-order valence-electron chi connectivity index (χ4n) is 3.97. The molecule has 5 heteroatoms. The van der Waals surface area contributed by atoms with E-state index in [2.05, 4.69) is 35.8 Å². The van der Waals surface area contributed by atoms with Gasteiger partial charge in [0.15, 0.2) is 0 Å². The Morgan fingerprint density at radius 3 is 2.30 bits per heavy atom. The number of aliphatic hydroxyl groups is 1. The highest BCUT2D eigenvalue weighted by Crippen LogP contribution is 2.29. The molecule has 0 spiro atoms. The minimum Gasteiger partial charge on any atom is -0.456 e. The van der Waals surface area contributed by atoms with Crippen LogP contribution in [0.1, 0.15) is 77.3 Å². The fraction of sp³-hybridized carbons (Fsp3) is 0.400. The van der Waals surface area contributed by atoms with Gasteiger partial charge in [-0.15, -0.1) is 0 Å². The highest BCUT2D eigenvalue weighted by molar-refractivity contribution is 5.90. The molecule has 2 aromatic heterocycles. The number of hydrogen-bond donors (Lipinski definition) is 2. The van der Waals surface area contributed by atoms with Gasteiger partial charge in [0.05, 0.1) is 12.6 Å². The zero-order valence-electron chi connectivity index (χ0n) is 18.4. The molecule has 0 saturated heterocycles. The maximum absolute atomic E-state index is 12.8. The average molecular weight is 409 g/mol. The fourth-order valence-corrected chi connectivity index (χ4v) is 3.97. The number of aromatic amines is 1. The summed E-state index contributed by atoms with van der Waals surface area (Å²) in [5.74, 6) is -0.400. The third-order valence-electron chi connectivity index (χ3n) is 5.68. The second kappa shape index (κ2) is 9.81. The van der Waals surface area contributed by atoms with E-state index in [1.165, 1.54) is 11.1 Å². The molecule has 2 heterocycles. The number of carbonyl (C=O) groups excluding carboxylic acids is 1. The molecule has 0 fully saturated rings. The number of esters is 1. The summed E-state index contributed by atoms with van der Waals surface area (Å²) >= 11 is 0. The van der Waals surface area contributed by atoms with E-state index in [0.29, 0.717) is 18.7 Å². The predicted octanol–water partition coefficient (Wildman–Crippen LogP) is 5.10. The lowest BCUT2D eigenvalue weighted by Crippen LogP contribution is -2.07. The van der Waals surface area contributed by atoms with Gasteiger partial charge in [0.1, 0.15) is 12.3 Å². The lowest BCUT2D eigenvalue weighted by atomic mass is 10.0. The molecular weight excluding hydrogens is 376 g/mol. The minimum atomic E-state index is -0.626. The average Bonchev–Trinajstić information content (AvgIpc) is 3.32. The van der Waals surface area contributed by atoms with Gasteiger partial charge in [0.25, 0.3) is 0 Å². The molecule has 0 saturated carbocycles. The lowest BCUT2D eigenvalue weighted by molar-refractivity contribution is 0.0465. The zero-order chi connectivity index (χ0) is 21.7. The van der Waals surface area contributed by atoms with Crippen molar-refractivity contribution in [2.24, 2.45) is 0 Å². The van der Waals surface area contributed by atoms with Crippen LogP contribution in [0.5, 0.6) is 0 Å². The van der Waals surface area contributed by atoms with Crippen molar-refractivity contribution < 1.29 is 14.6 Å². The van der Waals surface area contributed by atoms with E-state index in [1.807, 2.05) is 44.2 Å². The van der Waals surface area contributed by atoms with Gasteiger partial charge in [-0.1, -0.05) is 51.1 Å². The molecule has 0 aliphatic carbocycles. The molecule has 1 atom stereocenters. The van der Waals surface area contributed by atoms with E-state index in [9.17, 15) is 9.90 Å². The first-order chi connectivity index (χ1) is 14.5. The van der Waals surface area contributed by atoms with Gasteiger partial charge in [0.2, 0.25) is 0 Å². The Balaban J connectivity index is 1.87. The number of nitrogens with zero attached hydrogens (tertiary/aromatic N) is 1. The van der Waals surface area contributed by atoms with E-state index in [4.69, 9.17) is 4.74 Å². The number of rotatable bonds is 9. The maximum atomic E-state index is 12.8. The number of aliphatic hydroxyl groups excluding tert-OH is 1. The summed E-state index contributed by atoms with van der Waals surface area (Å²) in [4.78, 5) is 16.0. The van der Waals surface area contributed by atoms with Gasteiger partial charge < -0.3 is 19.4 Å². The van der Waals surface area contributed by atoms with Crippen molar-refractivity contribution in [2.45, 2.75) is 66.2 Å². The molecule has 3 rings (SSSR count). The summed E-state index contributed by atoms with van der Waals surface area (Å²) in [7, 11) is 0. The van der Waals surface area contributed by atoms with Crippen LogP contribution in [0.4, 0.5) is 0 Å². The smallest absolute Gasteiger partial charge is 0.355 e. The summed E-state index contributed by atoms with van der Waals surface area (Å²) < 4.78 is 7.66. The second-order valence-corrected chi connectivity index (χ2v) is 7.69. The number of hydrogen-bond acceptors (Lipinski definition) is 3. The van der Waals surface area contributed by atoms with Gasteiger partial charge >= 0.3 is 5.97 Å². The summed E-state index contributed by atoms with van der Waals surface area (Å²) in [6, 6.07) is 9.62. The van der Waals surface area contributed by atoms with Gasteiger partial charge in [0, 0.05) is 23.7 Å². The minimum absolute atomic E-state index is 0.219. The van der Waals surface area contributed by atoms with E-state index in [-0.39, 0.29) is 6.61 Å². The van der Waals surface area contributed by atoms with Crippen LogP contribution < -0.4 is 0 Å². The van der Waals surface area contributed by atoms with Gasteiger partial charge in [-0.2, -0.15) is 0 Å². The maximum Gasteiger partial charge on any atom is 0.355 e. The van der Waals surface area contributed by atoms with Crippen LogP contribution in [0.2, 0.25) is 0 Å². The standard InChI is InChI=1S/C25H32N2O3/c1-5-19-13-27(14-20(19)6-2)15-21-23(22(28)7-3)17(4)24(26-21)25(29)30-16-18-11-9-8-10-12-18/h8-14,22,26,28H,5-7,15-16H2,1-4H3. The first kappa shape index (κ1) is 21.9. The number of aryl methyl sites for hydroxylation is 2. The molecule has 160 valence electrons. The van der Waals surface area contributed by atoms with Crippen LogP contribution in [0.25, 0.3) is 0 Å². The van der Waals surface area contributed by atoms with Crippen molar-refractivity contribution >= 4 is 5.97 Å². The third kappa shape index (κ3) is 4.68. The Morgan fingerprint density at radius 2 is 1.73 bits per heavy atom. The van der Waals surface area contributed by atoms with E-state index in [0.717, 1.165) is 35.2 Å². The van der Waals surface area contributed by atoms with Gasteiger partial charge in [-0.25, -0.2) is 4.79 Å². The predicted molar refractivity (Wildman–Crippen MR) is 119 cm³/mol. The second-order valence-electron chi connectivity index (χ2n) is 7.69. The molecule has 0 aliphatic heterocycles. The molecule has 0 amide bonds. The lowest BCUT2D eigenvalue weighted by Gasteiger charge is -2.12. The first-order valence-corrected chi connectivity index (χ1v) is 10.8. The van der Waals surface area contributed by atoms with E-state index < -0.39 is 12.1 Å². The summed E-state index contributed by atoms with van der Waals surface area (Å²) in [6.07, 6.45) is 6.24. The van der Waals surface area contributed by atoms with Crippen molar-refractivity contribution in [2.75, 3.05) is 0 Å². The topological polar surface area (TPSA) is 67.2 Å². The Kier molecular flexibility index (Phi) is 7.16. The molecule has 0 radical (unpaired) electrons. The number of benzene rings is 1. The summed E-state index contributed by atoms with van der Waals surface area (Å²) in [6.45, 7) is 8.92. The summed E-state index contributed by atoms with van der Waals surface area (Å²) in [5, 5.41) is 10.6. The highest BCUT2D eigenvalue weighted by Gasteiger charge is 2.24. The Bertz CT molecular complexity index is 964. The molecule has 3 aromatic rings. The first-order valence-electron chi connectivity index (χ1n) is 10.8. The zero-order valence-corrected chi connectivity index (χ0v) is 18.4. The van der Waals surface area contributed by atoms with Crippen molar-refractivity contribution in [1.82, 2.24) is 9.55 Å². The molecule has 1 aromatic carbocycles. The Labute approximate surface area is 178 Å². The van der Waals surface area contributed by atoms with Crippen LogP contribution in [-0.2, 0) is 30.7 Å². The Morgan fingerprint density at radius 1 is 1.10 bits per heavy atom. The quantitative estimate of drug-likeness (QED) is 0.484. The molecule has 2 N–H and O–H groups in total. The van der Waals surface area contributed by atoms with Crippen LogP contribution >= 0.6 is 0 Å². The molecule has 30 heavy (non-hydrogen) atoms. The number of carbonyl (C=O) groups is 1. The normalized spacial score (nSPS) is 12.2. The third-order valence-corrected chi connectivity index (χ3v) is 5.68. The monoisotopic (exact) mass is 408 g/mol. The number of nitrogens with one attached hydrogen (secondary N) is 1. The SMILES string of the molecule is CCc1cn(Cc2[nH]c(C(=O)OCc3ccccc3)c(C)c2C(O)CC)cc1CC. The number of H-pyrrole nitrogens is 1. The van der Waals surface area contributed by atoms with Crippen LogP contribution in [0, 0.1) is 6.92 Å². The highest BCUT2D eigenvalue weighted by atomic mass is 16.5. The van der Waals surface area contributed by atoms with Crippen LogP contribution in [0.15, 0.2) is 42.7 Å².